The monoisotopic (exact) mass is 375 g/mol. The molecule has 0 radical (unpaired) electrons. The third-order valence-corrected chi connectivity index (χ3v) is 5.23. The lowest BCUT2D eigenvalue weighted by molar-refractivity contribution is 0.0295. The van der Waals surface area contributed by atoms with E-state index >= 15 is 0 Å². The molecule has 2 saturated heterocycles. The van der Waals surface area contributed by atoms with Crippen molar-refractivity contribution in [2.24, 2.45) is 0 Å². The topological polar surface area (TPSA) is 62.3 Å². The highest BCUT2D eigenvalue weighted by molar-refractivity contribution is 5.69. The van der Waals surface area contributed by atoms with Gasteiger partial charge in [-0.15, -0.1) is 0 Å². The lowest BCUT2D eigenvalue weighted by atomic mass is 10.0. The molecule has 2 aliphatic heterocycles. The van der Waals surface area contributed by atoms with Crippen molar-refractivity contribution >= 4 is 12.2 Å². The van der Waals surface area contributed by atoms with Crippen LogP contribution in [0.4, 0.5) is 9.59 Å². The second-order valence-corrected chi connectivity index (χ2v) is 7.25. The molecule has 2 fully saturated rings. The normalized spacial score (nSPS) is 21.0. The summed E-state index contributed by atoms with van der Waals surface area (Å²) >= 11 is 0. The van der Waals surface area contributed by atoms with Gasteiger partial charge in [0, 0.05) is 32.7 Å². The van der Waals surface area contributed by atoms with Gasteiger partial charge in [-0.05, 0) is 31.9 Å². The van der Waals surface area contributed by atoms with E-state index in [2.05, 4.69) is 4.90 Å². The predicted molar refractivity (Wildman–Crippen MR) is 101 cm³/mol. The molecule has 0 spiro atoms. The molecule has 1 aromatic rings. The van der Waals surface area contributed by atoms with Crippen LogP contribution in [0, 0.1) is 0 Å². The summed E-state index contributed by atoms with van der Waals surface area (Å²) in [6, 6.07) is 9.52. The van der Waals surface area contributed by atoms with Crippen molar-refractivity contribution in [1.82, 2.24) is 14.7 Å². The molecule has 148 valence electrons. The molecule has 7 nitrogen and oxygen atoms in total. The minimum atomic E-state index is -0.334. The molecule has 0 N–H and O–H groups in total. The van der Waals surface area contributed by atoms with Crippen molar-refractivity contribution in [3.05, 3.63) is 35.9 Å². The second-order valence-electron chi connectivity index (χ2n) is 7.25. The minimum absolute atomic E-state index is 0.113. The first-order valence-electron chi connectivity index (χ1n) is 9.71. The minimum Gasteiger partial charge on any atom is -0.447 e. The maximum Gasteiger partial charge on any atom is 0.410 e. The molecule has 1 aromatic carbocycles. The number of carbonyl (C=O) groups excluding carboxylic acids is 2. The first-order chi connectivity index (χ1) is 13.1. The van der Waals surface area contributed by atoms with E-state index in [9.17, 15) is 9.59 Å². The molecule has 2 aliphatic rings. The Morgan fingerprint density at radius 1 is 0.963 bits per heavy atom. The van der Waals surface area contributed by atoms with Crippen LogP contribution < -0.4 is 0 Å². The van der Waals surface area contributed by atoms with E-state index in [1.807, 2.05) is 37.4 Å². The van der Waals surface area contributed by atoms with E-state index in [1.54, 1.807) is 9.80 Å². The number of carbonyl (C=O) groups is 2. The van der Waals surface area contributed by atoms with Crippen LogP contribution in [0.5, 0.6) is 0 Å². The third kappa shape index (κ3) is 5.60. The summed E-state index contributed by atoms with van der Waals surface area (Å²) in [5.41, 5.74) is 0.959. The van der Waals surface area contributed by atoms with Crippen LogP contribution in [0.25, 0.3) is 0 Å². The van der Waals surface area contributed by atoms with Gasteiger partial charge < -0.3 is 24.2 Å². The lowest BCUT2D eigenvalue weighted by Crippen LogP contribution is -2.50. The quantitative estimate of drug-likeness (QED) is 0.809. The van der Waals surface area contributed by atoms with Crippen LogP contribution in [0.3, 0.4) is 0 Å². The Labute approximate surface area is 160 Å². The van der Waals surface area contributed by atoms with Crippen molar-refractivity contribution in [2.45, 2.75) is 31.9 Å². The molecule has 2 heterocycles. The molecule has 7 heteroatoms. The first-order valence-corrected chi connectivity index (χ1v) is 9.71. The molecular formula is C20H29N3O4. The molecular weight excluding hydrogens is 346 g/mol. The summed E-state index contributed by atoms with van der Waals surface area (Å²) in [7, 11) is 2.05. The lowest BCUT2D eigenvalue weighted by Gasteiger charge is -2.36. The summed E-state index contributed by atoms with van der Waals surface area (Å²) in [5, 5.41) is 0. The first kappa shape index (κ1) is 19.5. The van der Waals surface area contributed by atoms with Gasteiger partial charge in [0.15, 0.2) is 0 Å². The highest BCUT2D eigenvalue weighted by Crippen LogP contribution is 2.19. The smallest absolute Gasteiger partial charge is 0.410 e. The van der Waals surface area contributed by atoms with Crippen LogP contribution in [0.1, 0.15) is 24.8 Å². The van der Waals surface area contributed by atoms with Crippen molar-refractivity contribution in [3.63, 3.8) is 0 Å². The Balaban J connectivity index is 1.47. The van der Waals surface area contributed by atoms with Crippen LogP contribution in [0.15, 0.2) is 30.3 Å². The molecule has 0 saturated carbocycles. The molecule has 0 aromatic heterocycles. The fraction of sp³-hybridized carbons (Fsp3) is 0.600. The summed E-state index contributed by atoms with van der Waals surface area (Å²) in [6.45, 7) is 4.21. The Hall–Kier alpha value is -2.28. The number of benzene rings is 1. The standard InChI is InChI=1S/C20H29N3O4/c1-21-11-13-22(14-12-21)19(24)27-16-18-9-5-6-10-23(18)20(25)26-15-17-7-3-2-4-8-17/h2-4,7-8,18H,5-6,9-16H2,1H3/t18-/m1/s1. The van der Waals surface area contributed by atoms with Gasteiger partial charge in [-0.1, -0.05) is 30.3 Å². The number of piperazine rings is 1. The van der Waals surface area contributed by atoms with Crippen molar-refractivity contribution in [3.8, 4) is 0 Å². The maximum absolute atomic E-state index is 12.5. The number of hydrogen-bond donors (Lipinski definition) is 0. The summed E-state index contributed by atoms with van der Waals surface area (Å²) in [5.74, 6) is 0. The summed E-state index contributed by atoms with van der Waals surface area (Å²) < 4.78 is 11.0. The Bertz CT molecular complexity index is 617. The van der Waals surface area contributed by atoms with E-state index in [0.717, 1.165) is 37.9 Å². The van der Waals surface area contributed by atoms with Gasteiger partial charge in [0.05, 0.1) is 6.04 Å². The molecule has 2 amide bonds. The van der Waals surface area contributed by atoms with Gasteiger partial charge in [0.1, 0.15) is 13.2 Å². The number of likely N-dealkylation sites (tertiary alicyclic amines) is 1. The van der Waals surface area contributed by atoms with E-state index < -0.39 is 0 Å². The molecule has 3 rings (SSSR count). The maximum atomic E-state index is 12.5. The number of hydrogen-bond acceptors (Lipinski definition) is 5. The van der Waals surface area contributed by atoms with Gasteiger partial charge in [-0.3, -0.25) is 0 Å². The predicted octanol–water partition coefficient (Wildman–Crippen LogP) is 2.56. The number of amides is 2. The highest BCUT2D eigenvalue weighted by atomic mass is 16.6. The second kappa shape index (κ2) is 9.60. The zero-order valence-electron chi connectivity index (χ0n) is 16.0. The number of piperidine rings is 1. The fourth-order valence-corrected chi connectivity index (χ4v) is 3.46. The SMILES string of the molecule is CN1CCN(C(=O)OC[C@H]2CCCCN2C(=O)OCc2ccccc2)CC1. The largest absolute Gasteiger partial charge is 0.447 e. The molecule has 0 bridgehead atoms. The van der Waals surface area contributed by atoms with Gasteiger partial charge >= 0.3 is 12.2 Å². The number of nitrogens with zero attached hydrogens (tertiary/aromatic N) is 3. The van der Waals surface area contributed by atoms with E-state index in [0.29, 0.717) is 19.6 Å². The Kier molecular flexibility index (Phi) is 6.92. The van der Waals surface area contributed by atoms with E-state index in [4.69, 9.17) is 9.47 Å². The molecule has 0 unspecified atom stereocenters. The Morgan fingerprint density at radius 3 is 2.44 bits per heavy atom. The van der Waals surface area contributed by atoms with E-state index in [1.165, 1.54) is 0 Å². The zero-order chi connectivity index (χ0) is 19.1. The highest BCUT2D eigenvalue weighted by Gasteiger charge is 2.30. The summed E-state index contributed by atoms with van der Waals surface area (Å²) in [4.78, 5) is 30.4. The van der Waals surface area contributed by atoms with Crippen molar-refractivity contribution < 1.29 is 19.1 Å². The van der Waals surface area contributed by atoms with Gasteiger partial charge in [-0.25, -0.2) is 9.59 Å². The van der Waals surface area contributed by atoms with Gasteiger partial charge in [-0.2, -0.15) is 0 Å². The average Bonchev–Trinajstić information content (AvgIpc) is 2.71. The van der Waals surface area contributed by atoms with Crippen molar-refractivity contribution in [2.75, 3.05) is 46.4 Å². The molecule has 1 atom stereocenters. The zero-order valence-corrected chi connectivity index (χ0v) is 16.0. The van der Waals surface area contributed by atoms with Gasteiger partial charge in [0.2, 0.25) is 0 Å². The number of likely N-dealkylation sites (N-methyl/N-ethyl adjacent to an activating group) is 1. The van der Waals surface area contributed by atoms with Crippen LogP contribution in [-0.2, 0) is 16.1 Å². The molecule has 27 heavy (non-hydrogen) atoms. The van der Waals surface area contributed by atoms with Crippen molar-refractivity contribution in [1.29, 1.82) is 0 Å². The molecule has 0 aliphatic carbocycles. The van der Waals surface area contributed by atoms with Gasteiger partial charge in [0.25, 0.3) is 0 Å². The van der Waals surface area contributed by atoms with E-state index in [-0.39, 0.29) is 31.4 Å². The van der Waals surface area contributed by atoms with Crippen LogP contribution in [0.2, 0.25) is 0 Å². The third-order valence-electron chi connectivity index (χ3n) is 5.23. The average molecular weight is 375 g/mol. The number of ether oxygens (including phenoxy) is 2. The van der Waals surface area contributed by atoms with Crippen LogP contribution >= 0.6 is 0 Å². The summed E-state index contributed by atoms with van der Waals surface area (Å²) in [6.07, 6.45) is 2.18. The Morgan fingerprint density at radius 2 is 1.70 bits per heavy atom. The van der Waals surface area contributed by atoms with Crippen LogP contribution in [-0.4, -0.2) is 79.3 Å². The fourth-order valence-electron chi connectivity index (χ4n) is 3.46. The number of rotatable bonds is 4.